The van der Waals surface area contributed by atoms with Crippen LogP contribution in [0.15, 0.2) is 0 Å². The molecule has 0 bridgehead atoms. The molecule has 3 amide bonds. The van der Waals surface area contributed by atoms with Gasteiger partial charge in [-0.05, 0) is 51.1 Å². The molecule has 2 rings (SSSR count). The van der Waals surface area contributed by atoms with Crippen LogP contribution in [-0.4, -0.2) is 67.6 Å². The molecular weight excluding hydrogens is 292 g/mol. The summed E-state index contributed by atoms with van der Waals surface area (Å²) >= 11 is 0. The molecule has 0 aromatic rings. The van der Waals surface area contributed by atoms with Gasteiger partial charge in [0, 0.05) is 39.1 Å². The van der Waals surface area contributed by atoms with Crippen molar-refractivity contribution < 1.29 is 9.59 Å². The zero-order valence-corrected chi connectivity index (χ0v) is 14.5. The lowest BCUT2D eigenvalue weighted by Gasteiger charge is -2.30. The van der Waals surface area contributed by atoms with E-state index in [0.717, 1.165) is 51.4 Å². The van der Waals surface area contributed by atoms with Gasteiger partial charge in [0.2, 0.25) is 5.91 Å². The summed E-state index contributed by atoms with van der Waals surface area (Å²) in [4.78, 5) is 27.5. The molecular formula is C17H32N4O2. The minimum absolute atomic E-state index is 0.0928. The van der Waals surface area contributed by atoms with Gasteiger partial charge in [-0.15, -0.1) is 0 Å². The number of hydrogen-bond donors (Lipinski definition) is 2. The second kappa shape index (κ2) is 9.75. The van der Waals surface area contributed by atoms with Gasteiger partial charge < -0.3 is 20.4 Å². The molecule has 6 nitrogen and oxygen atoms in total. The van der Waals surface area contributed by atoms with E-state index in [2.05, 4.69) is 22.5 Å². The van der Waals surface area contributed by atoms with Crippen molar-refractivity contribution in [2.45, 2.75) is 45.4 Å². The van der Waals surface area contributed by atoms with Gasteiger partial charge in [-0.25, -0.2) is 4.79 Å². The molecule has 0 aromatic heterocycles. The van der Waals surface area contributed by atoms with E-state index < -0.39 is 0 Å². The molecule has 0 radical (unpaired) electrons. The monoisotopic (exact) mass is 324 g/mol. The average molecular weight is 324 g/mol. The summed E-state index contributed by atoms with van der Waals surface area (Å²) in [6.45, 7) is 8.76. The second-order valence-electron chi connectivity index (χ2n) is 6.92. The lowest BCUT2D eigenvalue weighted by Crippen LogP contribution is -2.40. The molecule has 1 unspecified atom stereocenters. The first-order chi connectivity index (χ1) is 11.1. The van der Waals surface area contributed by atoms with Crippen LogP contribution in [-0.2, 0) is 4.79 Å². The fourth-order valence-corrected chi connectivity index (χ4v) is 3.47. The summed E-state index contributed by atoms with van der Waals surface area (Å²) in [6.07, 6.45) is 6.13. The van der Waals surface area contributed by atoms with Crippen LogP contribution in [0.3, 0.4) is 0 Å². The Hall–Kier alpha value is -1.30. The Balaban J connectivity index is 1.43. The number of nitrogens with one attached hydrogen (secondary N) is 2. The molecule has 2 saturated heterocycles. The minimum atomic E-state index is -0.0928. The lowest BCUT2D eigenvalue weighted by molar-refractivity contribution is -0.127. The van der Waals surface area contributed by atoms with Crippen LogP contribution < -0.4 is 10.6 Å². The summed E-state index contributed by atoms with van der Waals surface area (Å²) in [7, 11) is 0. The summed E-state index contributed by atoms with van der Waals surface area (Å²) in [6, 6.07) is -0.0928. The smallest absolute Gasteiger partial charge is 0.314 e. The molecule has 2 aliphatic rings. The average Bonchev–Trinajstić information content (AvgIpc) is 2.93. The van der Waals surface area contributed by atoms with Crippen LogP contribution in [0.5, 0.6) is 0 Å². The molecule has 2 aliphatic heterocycles. The fourth-order valence-electron chi connectivity index (χ4n) is 3.47. The highest BCUT2D eigenvalue weighted by Crippen LogP contribution is 2.15. The molecule has 0 spiro atoms. The standard InChI is InChI=1S/C17H32N4O2/c1-15-6-2-10-20(14-15)11-4-8-18-17(23)19-9-5-13-21-12-3-7-16(21)22/h15H,2-14H2,1H3,(H2,18,19,23). The molecule has 2 N–H and O–H groups in total. The number of rotatable bonds is 8. The van der Waals surface area contributed by atoms with Gasteiger partial charge in [0.1, 0.15) is 0 Å². The molecule has 0 aliphatic carbocycles. The van der Waals surface area contributed by atoms with Crippen molar-refractivity contribution in [2.75, 3.05) is 45.8 Å². The van der Waals surface area contributed by atoms with E-state index in [1.54, 1.807) is 0 Å². The maximum absolute atomic E-state index is 11.7. The summed E-state index contributed by atoms with van der Waals surface area (Å²) < 4.78 is 0. The predicted molar refractivity (Wildman–Crippen MR) is 91.3 cm³/mol. The van der Waals surface area contributed by atoms with E-state index in [1.165, 1.54) is 25.9 Å². The Kier molecular flexibility index (Phi) is 7.65. The molecule has 132 valence electrons. The third-order valence-corrected chi connectivity index (χ3v) is 4.74. The van der Waals surface area contributed by atoms with E-state index in [-0.39, 0.29) is 11.9 Å². The van der Waals surface area contributed by atoms with Crippen LogP contribution in [0.2, 0.25) is 0 Å². The first-order valence-corrected chi connectivity index (χ1v) is 9.17. The van der Waals surface area contributed by atoms with Crippen LogP contribution in [0, 0.1) is 5.92 Å². The highest BCUT2D eigenvalue weighted by atomic mass is 16.2. The lowest BCUT2D eigenvalue weighted by atomic mass is 10.0. The Labute approximate surface area is 140 Å². The second-order valence-corrected chi connectivity index (χ2v) is 6.92. The molecule has 23 heavy (non-hydrogen) atoms. The summed E-state index contributed by atoms with van der Waals surface area (Å²) in [5.74, 6) is 1.06. The molecule has 0 aromatic carbocycles. The molecule has 6 heteroatoms. The Morgan fingerprint density at radius 3 is 2.52 bits per heavy atom. The summed E-state index contributed by atoms with van der Waals surface area (Å²) in [5.41, 5.74) is 0. The highest BCUT2D eigenvalue weighted by Gasteiger charge is 2.19. The normalized spacial score (nSPS) is 22.4. The van der Waals surface area contributed by atoms with Gasteiger partial charge in [0.25, 0.3) is 0 Å². The van der Waals surface area contributed by atoms with Crippen molar-refractivity contribution >= 4 is 11.9 Å². The van der Waals surface area contributed by atoms with Gasteiger partial charge in [-0.1, -0.05) is 6.92 Å². The Morgan fingerprint density at radius 1 is 1.13 bits per heavy atom. The third-order valence-electron chi connectivity index (χ3n) is 4.74. The maximum Gasteiger partial charge on any atom is 0.314 e. The topological polar surface area (TPSA) is 64.7 Å². The number of amides is 3. The van der Waals surface area contributed by atoms with Crippen LogP contribution in [0.4, 0.5) is 4.79 Å². The number of likely N-dealkylation sites (tertiary alicyclic amines) is 2. The van der Waals surface area contributed by atoms with Crippen molar-refractivity contribution in [3.05, 3.63) is 0 Å². The number of nitrogens with zero attached hydrogens (tertiary/aromatic N) is 2. The Bertz CT molecular complexity index is 389. The van der Waals surface area contributed by atoms with E-state index in [4.69, 9.17) is 0 Å². The van der Waals surface area contributed by atoms with E-state index in [0.29, 0.717) is 13.0 Å². The van der Waals surface area contributed by atoms with Gasteiger partial charge in [0.15, 0.2) is 0 Å². The van der Waals surface area contributed by atoms with Gasteiger partial charge in [-0.2, -0.15) is 0 Å². The van der Waals surface area contributed by atoms with Crippen molar-refractivity contribution in [1.29, 1.82) is 0 Å². The molecule has 2 heterocycles. The number of piperidine rings is 1. The van der Waals surface area contributed by atoms with E-state index in [9.17, 15) is 9.59 Å². The predicted octanol–water partition coefficient (Wildman–Crippen LogP) is 1.42. The number of carbonyl (C=O) groups excluding carboxylic acids is 2. The van der Waals surface area contributed by atoms with Crippen molar-refractivity contribution in [2.24, 2.45) is 5.92 Å². The maximum atomic E-state index is 11.7. The zero-order valence-electron chi connectivity index (χ0n) is 14.5. The van der Waals surface area contributed by atoms with Crippen LogP contribution in [0.1, 0.15) is 45.4 Å². The van der Waals surface area contributed by atoms with E-state index >= 15 is 0 Å². The fraction of sp³-hybridized carbons (Fsp3) is 0.882. The third kappa shape index (κ3) is 6.77. The number of urea groups is 1. The highest BCUT2D eigenvalue weighted by molar-refractivity contribution is 5.78. The van der Waals surface area contributed by atoms with E-state index in [1.807, 2.05) is 4.90 Å². The number of hydrogen-bond acceptors (Lipinski definition) is 3. The Morgan fingerprint density at radius 2 is 1.87 bits per heavy atom. The van der Waals surface area contributed by atoms with Gasteiger partial charge in [0.05, 0.1) is 0 Å². The first-order valence-electron chi connectivity index (χ1n) is 9.17. The molecule has 0 saturated carbocycles. The quantitative estimate of drug-likeness (QED) is 0.664. The summed E-state index contributed by atoms with van der Waals surface area (Å²) in [5, 5.41) is 5.78. The van der Waals surface area contributed by atoms with Crippen molar-refractivity contribution in [1.82, 2.24) is 20.4 Å². The van der Waals surface area contributed by atoms with Crippen molar-refractivity contribution in [3.63, 3.8) is 0 Å². The van der Waals surface area contributed by atoms with Crippen molar-refractivity contribution in [3.8, 4) is 0 Å². The zero-order chi connectivity index (χ0) is 16.5. The SMILES string of the molecule is CC1CCCN(CCCNC(=O)NCCCN2CCCC2=O)C1. The molecule has 2 fully saturated rings. The first kappa shape index (κ1) is 18.0. The van der Waals surface area contributed by atoms with Gasteiger partial charge >= 0.3 is 6.03 Å². The minimum Gasteiger partial charge on any atom is -0.343 e. The van der Waals surface area contributed by atoms with Gasteiger partial charge in [-0.3, -0.25) is 4.79 Å². The number of carbonyl (C=O) groups is 2. The van der Waals surface area contributed by atoms with Crippen LogP contribution >= 0.6 is 0 Å². The molecule has 1 atom stereocenters. The van der Waals surface area contributed by atoms with Crippen LogP contribution in [0.25, 0.3) is 0 Å². The largest absolute Gasteiger partial charge is 0.343 e.